The summed E-state index contributed by atoms with van der Waals surface area (Å²) < 4.78 is 10.1. The van der Waals surface area contributed by atoms with Gasteiger partial charge in [0.05, 0.1) is 18.7 Å². The van der Waals surface area contributed by atoms with Crippen LogP contribution in [0.3, 0.4) is 0 Å². The minimum atomic E-state index is -0.144. The third kappa shape index (κ3) is 4.66. The van der Waals surface area contributed by atoms with Crippen LogP contribution in [0.25, 0.3) is 0 Å². The van der Waals surface area contributed by atoms with Crippen LogP contribution in [-0.2, 0) is 23.2 Å². The van der Waals surface area contributed by atoms with E-state index < -0.39 is 0 Å². The molecule has 136 valence electrons. The van der Waals surface area contributed by atoms with E-state index in [1.165, 1.54) is 6.26 Å². The molecule has 1 saturated heterocycles. The molecule has 0 aliphatic carbocycles. The number of amides is 1. The molecule has 1 aliphatic rings. The average molecular weight is 347 g/mol. The Bertz CT molecular complexity index is 689. The number of carbonyl (C=O) groups is 1. The van der Waals surface area contributed by atoms with E-state index in [1.54, 1.807) is 6.07 Å². The normalized spacial score (nSPS) is 16.8. The molecule has 0 spiro atoms. The Balaban J connectivity index is 1.53. The average Bonchev–Trinajstić information content (AvgIpc) is 3.16. The molecule has 0 radical (unpaired) electrons. The van der Waals surface area contributed by atoms with Gasteiger partial charge in [-0.15, -0.1) is 0 Å². The molecule has 2 aromatic rings. The van der Waals surface area contributed by atoms with Gasteiger partial charge in [-0.1, -0.05) is 31.1 Å². The van der Waals surface area contributed by atoms with Gasteiger partial charge in [-0.05, 0) is 6.42 Å². The number of aromatic nitrogens is 3. The maximum atomic E-state index is 12.4. The third-order valence-electron chi connectivity index (χ3n) is 4.24. The molecule has 1 aliphatic heterocycles. The van der Waals surface area contributed by atoms with Crippen molar-refractivity contribution in [3.05, 3.63) is 29.7 Å². The maximum Gasteiger partial charge on any atom is 0.232 e. The quantitative estimate of drug-likeness (QED) is 0.830. The highest BCUT2D eigenvalue weighted by Crippen LogP contribution is 2.20. The van der Waals surface area contributed by atoms with Crippen LogP contribution < -0.4 is 0 Å². The van der Waals surface area contributed by atoms with Gasteiger partial charge in [-0.3, -0.25) is 9.69 Å². The zero-order valence-corrected chi connectivity index (χ0v) is 15.1. The largest absolute Gasteiger partial charge is 0.364 e. The molecule has 0 aromatic carbocycles. The lowest BCUT2D eigenvalue weighted by atomic mass is 9.97. The second-order valence-electron chi connectivity index (χ2n) is 7.44. The highest BCUT2D eigenvalue weighted by molar-refractivity contribution is 5.78. The zero-order chi connectivity index (χ0) is 17.9. The number of nitrogens with zero attached hydrogens (tertiary/aromatic N) is 5. The molecule has 3 heterocycles. The van der Waals surface area contributed by atoms with Crippen molar-refractivity contribution < 1.29 is 13.8 Å². The lowest BCUT2D eigenvalue weighted by molar-refractivity contribution is -0.130. The van der Waals surface area contributed by atoms with Crippen molar-refractivity contribution in [3.8, 4) is 0 Å². The highest BCUT2D eigenvalue weighted by atomic mass is 16.5. The summed E-state index contributed by atoms with van der Waals surface area (Å²) in [6.45, 7) is 9.95. The van der Waals surface area contributed by atoms with Crippen LogP contribution in [0.1, 0.15) is 44.6 Å². The van der Waals surface area contributed by atoms with E-state index in [1.807, 2.05) is 4.90 Å². The third-order valence-corrected chi connectivity index (χ3v) is 4.24. The minimum Gasteiger partial charge on any atom is -0.364 e. The van der Waals surface area contributed by atoms with Gasteiger partial charge in [0.15, 0.2) is 5.82 Å². The first-order chi connectivity index (χ1) is 11.9. The van der Waals surface area contributed by atoms with Crippen LogP contribution in [0, 0.1) is 0 Å². The topological polar surface area (TPSA) is 88.5 Å². The lowest BCUT2D eigenvalue weighted by Crippen LogP contribution is -2.36. The Kier molecular flexibility index (Phi) is 5.17. The van der Waals surface area contributed by atoms with E-state index in [9.17, 15) is 4.79 Å². The number of hydrogen-bond acceptors (Lipinski definition) is 7. The van der Waals surface area contributed by atoms with E-state index >= 15 is 0 Å². The Labute approximate surface area is 147 Å². The van der Waals surface area contributed by atoms with E-state index in [0.29, 0.717) is 30.5 Å². The van der Waals surface area contributed by atoms with Crippen molar-refractivity contribution >= 4 is 5.91 Å². The van der Waals surface area contributed by atoms with E-state index in [-0.39, 0.29) is 17.7 Å². The summed E-state index contributed by atoms with van der Waals surface area (Å²) in [5.74, 6) is 1.44. The summed E-state index contributed by atoms with van der Waals surface area (Å²) in [4.78, 5) is 21.0. The molecule has 0 atom stereocenters. The van der Waals surface area contributed by atoms with E-state index in [2.05, 4.69) is 41.0 Å². The summed E-state index contributed by atoms with van der Waals surface area (Å²) >= 11 is 0. The fourth-order valence-corrected chi connectivity index (χ4v) is 2.80. The summed E-state index contributed by atoms with van der Waals surface area (Å²) in [6, 6.07) is 1.73. The fourth-order valence-electron chi connectivity index (χ4n) is 2.80. The molecule has 0 saturated carbocycles. The predicted octanol–water partition coefficient (Wildman–Crippen LogP) is 1.63. The maximum absolute atomic E-state index is 12.4. The van der Waals surface area contributed by atoms with Gasteiger partial charge >= 0.3 is 0 Å². The van der Waals surface area contributed by atoms with Gasteiger partial charge in [-0.2, -0.15) is 4.98 Å². The minimum absolute atomic E-state index is 0.0883. The molecule has 1 amide bonds. The number of carbonyl (C=O) groups excluding carboxylic acids is 1. The molecular formula is C17H25N5O3. The van der Waals surface area contributed by atoms with Crippen molar-refractivity contribution in [2.45, 2.75) is 45.6 Å². The second kappa shape index (κ2) is 7.35. The standard InChI is InChI=1S/C17H25N5O3/c1-17(2,3)16-18-14(20-25-16)12-21-6-4-7-22(9-8-21)15(23)11-13-5-10-24-19-13/h5,10H,4,6-9,11-12H2,1-3H3. The summed E-state index contributed by atoms with van der Waals surface area (Å²) in [6.07, 6.45) is 2.70. The van der Waals surface area contributed by atoms with Gasteiger partial charge < -0.3 is 13.9 Å². The van der Waals surface area contributed by atoms with Crippen molar-refractivity contribution in [1.82, 2.24) is 25.1 Å². The summed E-state index contributed by atoms with van der Waals surface area (Å²) in [7, 11) is 0. The van der Waals surface area contributed by atoms with Crippen molar-refractivity contribution in [3.63, 3.8) is 0 Å². The van der Waals surface area contributed by atoms with Crippen LogP contribution in [0.15, 0.2) is 21.4 Å². The van der Waals surface area contributed by atoms with Crippen molar-refractivity contribution in [1.29, 1.82) is 0 Å². The first-order valence-corrected chi connectivity index (χ1v) is 8.64. The molecule has 3 rings (SSSR count). The van der Waals surface area contributed by atoms with Crippen LogP contribution in [0.4, 0.5) is 0 Å². The summed E-state index contributed by atoms with van der Waals surface area (Å²) in [5.41, 5.74) is 0.529. The molecular weight excluding hydrogens is 322 g/mol. The lowest BCUT2D eigenvalue weighted by Gasteiger charge is -2.21. The van der Waals surface area contributed by atoms with E-state index in [4.69, 9.17) is 9.05 Å². The molecule has 1 fully saturated rings. The number of rotatable bonds is 4. The van der Waals surface area contributed by atoms with E-state index in [0.717, 1.165) is 26.1 Å². The Morgan fingerprint density at radius 1 is 1.20 bits per heavy atom. The first kappa shape index (κ1) is 17.6. The van der Waals surface area contributed by atoms with Crippen LogP contribution in [-0.4, -0.2) is 57.2 Å². The Hall–Kier alpha value is -2.22. The molecule has 25 heavy (non-hydrogen) atoms. The van der Waals surface area contributed by atoms with Crippen LogP contribution in [0.5, 0.6) is 0 Å². The van der Waals surface area contributed by atoms with Gasteiger partial charge in [0.2, 0.25) is 11.8 Å². The van der Waals surface area contributed by atoms with Gasteiger partial charge in [0, 0.05) is 37.7 Å². The van der Waals surface area contributed by atoms with Crippen molar-refractivity contribution in [2.24, 2.45) is 0 Å². The second-order valence-corrected chi connectivity index (χ2v) is 7.44. The van der Waals surface area contributed by atoms with Gasteiger partial charge in [0.25, 0.3) is 0 Å². The summed E-state index contributed by atoms with van der Waals surface area (Å²) in [5, 5.41) is 7.89. The van der Waals surface area contributed by atoms with Crippen LogP contribution in [0.2, 0.25) is 0 Å². The predicted molar refractivity (Wildman–Crippen MR) is 89.7 cm³/mol. The van der Waals surface area contributed by atoms with Gasteiger partial charge in [0.1, 0.15) is 6.26 Å². The molecule has 2 aromatic heterocycles. The Morgan fingerprint density at radius 3 is 2.72 bits per heavy atom. The molecule has 0 unspecified atom stereocenters. The fraction of sp³-hybridized carbons (Fsp3) is 0.647. The SMILES string of the molecule is CC(C)(C)c1nc(CN2CCCN(C(=O)Cc3ccon3)CC2)no1. The Morgan fingerprint density at radius 2 is 2.04 bits per heavy atom. The zero-order valence-electron chi connectivity index (χ0n) is 15.1. The number of hydrogen-bond donors (Lipinski definition) is 0. The molecule has 8 nitrogen and oxygen atoms in total. The molecule has 8 heteroatoms. The molecule has 0 N–H and O–H groups in total. The molecule has 0 bridgehead atoms. The van der Waals surface area contributed by atoms with Crippen molar-refractivity contribution in [2.75, 3.05) is 26.2 Å². The highest BCUT2D eigenvalue weighted by Gasteiger charge is 2.24. The smallest absolute Gasteiger partial charge is 0.232 e. The first-order valence-electron chi connectivity index (χ1n) is 8.64. The van der Waals surface area contributed by atoms with Crippen LogP contribution >= 0.6 is 0 Å². The van der Waals surface area contributed by atoms with Gasteiger partial charge in [-0.25, -0.2) is 0 Å². The monoisotopic (exact) mass is 347 g/mol.